The highest BCUT2D eigenvalue weighted by atomic mass is 35.5. The molecule has 7 nitrogen and oxygen atoms in total. The summed E-state index contributed by atoms with van der Waals surface area (Å²) in [7, 11) is 0. The van der Waals surface area contributed by atoms with Gasteiger partial charge in [0.15, 0.2) is 5.65 Å². The number of fused-ring (bicyclic) bond motifs is 1. The summed E-state index contributed by atoms with van der Waals surface area (Å²) >= 11 is 5.86. The van der Waals surface area contributed by atoms with Gasteiger partial charge in [0, 0.05) is 6.54 Å². The van der Waals surface area contributed by atoms with Crippen LogP contribution in [0.1, 0.15) is 11.8 Å². The van der Waals surface area contributed by atoms with Gasteiger partial charge in [-0.15, -0.1) is 0 Å². The van der Waals surface area contributed by atoms with Crippen molar-refractivity contribution < 1.29 is 10.2 Å². The van der Waals surface area contributed by atoms with Crippen LogP contribution in [0.5, 0.6) is 0 Å². The Morgan fingerprint density at radius 1 is 1.44 bits per heavy atom. The van der Waals surface area contributed by atoms with Gasteiger partial charge in [0.2, 0.25) is 0 Å². The summed E-state index contributed by atoms with van der Waals surface area (Å²) in [5.74, 6) is 0. The van der Waals surface area contributed by atoms with Gasteiger partial charge in [-0.1, -0.05) is 11.6 Å². The Hall–Kier alpha value is -1.28. The zero-order valence-electron chi connectivity index (χ0n) is 8.13. The summed E-state index contributed by atoms with van der Waals surface area (Å²) in [6.45, 7) is -0.0764. The van der Waals surface area contributed by atoms with Crippen LogP contribution in [-0.2, 0) is 0 Å². The van der Waals surface area contributed by atoms with Crippen LogP contribution < -0.4 is 5.73 Å². The predicted octanol–water partition coefficient (Wildman–Crippen LogP) is -0.641. The standard InChI is InChI=1S/C8H10ClN5O2/c9-7-4-5(6(16)3(15)1-10)13-14-8(4)12-2-11-7/h2-3,6,15-16H,1,10H2,(H,11,12,13,14). The molecule has 2 atom stereocenters. The van der Waals surface area contributed by atoms with Gasteiger partial charge in [-0.05, 0) is 0 Å². The Labute approximate surface area is 95.3 Å². The fourth-order valence-electron chi connectivity index (χ4n) is 1.38. The first-order chi connectivity index (χ1) is 7.65. The summed E-state index contributed by atoms with van der Waals surface area (Å²) in [4.78, 5) is 7.65. The van der Waals surface area contributed by atoms with E-state index in [2.05, 4.69) is 20.2 Å². The minimum atomic E-state index is -1.20. The lowest BCUT2D eigenvalue weighted by Crippen LogP contribution is -2.27. The maximum atomic E-state index is 9.78. The van der Waals surface area contributed by atoms with Crippen molar-refractivity contribution in [3.05, 3.63) is 17.2 Å². The van der Waals surface area contributed by atoms with Crippen LogP contribution in [0.15, 0.2) is 6.33 Å². The van der Waals surface area contributed by atoms with E-state index in [4.69, 9.17) is 17.3 Å². The summed E-state index contributed by atoms with van der Waals surface area (Å²) in [5, 5.41) is 26.2. The van der Waals surface area contributed by atoms with Gasteiger partial charge in [0.05, 0.1) is 17.2 Å². The van der Waals surface area contributed by atoms with Crippen molar-refractivity contribution in [1.82, 2.24) is 20.2 Å². The number of rotatable bonds is 3. The van der Waals surface area contributed by atoms with Crippen LogP contribution in [0.25, 0.3) is 11.0 Å². The summed E-state index contributed by atoms with van der Waals surface area (Å²) in [6.07, 6.45) is -1.03. The fourth-order valence-corrected chi connectivity index (χ4v) is 1.61. The van der Waals surface area contributed by atoms with Crippen LogP contribution in [0.2, 0.25) is 5.15 Å². The summed E-state index contributed by atoms with van der Waals surface area (Å²) < 4.78 is 0. The Kier molecular flexibility index (Phi) is 3.01. The van der Waals surface area contributed by atoms with E-state index in [-0.39, 0.29) is 17.4 Å². The molecular formula is C8H10ClN5O2. The molecule has 2 aromatic rings. The number of aromatic nitrogens is 4. The van der Waals surface area contributed by atoms with Crippen molar-refractivity contribution in [2.45, 2.75) is 12.2 Å². The number of H-pyrrole nitrogens is 1. The van der Waals surface area contributed by atoms with E-state index < -0.39 is 12.2 Å². The SMILES string of the molecule is NCC(O)C(O)c1[nH]nc2ncnc(Cl)c12. The molecule has 2 unspecified atom stereocenters. The first kappa shape index (κ1) is 11.2. The van der Waals surface area contributed by atoms with E-state index in [1.807, 2.05) is 0 Å². The molecule has 16 heavy (non-hydrogen) atoms. The normalized spacial score (nSPS) is 15.2. The maximum absolute atomic E-state index is 9.78. The molecule has 2 rings (SSSR count). The zero-order chi connectivity index (χ0) is 11.7. The summed E-state index contributed by atoms with van der Waals surface area (Å²) in [5.41, 5.74) is 5.85. The number of aromatic amines is 1. The van der Waals surface area contributed by atoms with E-state index >= 15 is 0 Å². The molecule has 0 saturated heterocycles. The van der Waals surface area contributed by atoms with Gasteiger partial charge >= 0.3 is 0 Å². The fraction of sp³-hybridized carbons (Fsp3) is 0.375. The quantitative estimate of drug-likeness (QED) is 0.532. The average Bonchev–Trinajstić information content (AvgIpc) is 2.72. The third kappa shape index (κ3) is 1.74. The van der Waals surface area contributed by atoms with Crippen LogP contribution in [0, 0.1) is 0 Å². The highest BCUT2D eigenvalue weighted by molar-refractivity contribution is 6.34. The van der Waals surface area contributed by atoms with Crippen molar-refractivity contribution in [3.63, 3.8) is 0 Å². The van der Waals surface area contributed by atoms with E-state index in [1.54, 1.807) is 0 Å². The second kappa shape index (κ2) is 4.30. The molecule has 0 aliphatic rings. The van der Waals surface area contributed by atoms with Gasteiger partial charge in [-0.25, -0.2) is 9.97 Å². The summed E-state index contributed by atoms with van der Waals surface area (Å²) in [6, 6.07) is 0. The Bertz CT molecular complexity index is 502. The molecular weight excluding hydrogens is 234 g/mol. The number of hydrogen-bond donors (Lipinski definition) is 4. The Morgan fingerprint density at radius 2 is 2.19 bits per heavy atom. The molecule has 0 fully saturated rings. The van der Waals surface area contributed by atoms with Crippen molar-refractivity contribution >= 4 is 22.6 Å². The minimum absolute atomic E-state index is 0.0764. The molecule has 2 heterocycles. The van der Waals surface area contributed by atoms with Crippen LogP contribution in [0.3, 0.4) is 0 Å². The number of hydrogen-bond acceptors (Lipinski definition) is 6. The molecule has 8 heteroatoms. The lowest BCUT2D eigenvalue weighted by Gasteiger charge is -2.14. The highest BCUT2D eigenvalue weighted by Gasteiger charge is 2.23. The van der Waals surface area contributed by atoms with Crippen LogP contribution >= 0.6 is 11.6 Å². The van der Waals surface area contributed by atoms with Gasteiger partial charge in [0.1, 0.15) is 17.6 Å². The first-order valence-electron chi connectivity index (χ1n) is 4.55. The van der Waals surface area contributed by atoms with Gasteiger partial charge < -0.3 is 15.9 Å². The van der Waals surface area contributed by atoms with Crippen molar-refractivity contribution in [2.75, 3.05) is 6.54 Å². The molecule has 0 aliphatic carbocycles. The first-order valence-corrected chi connectivity index (χ1v) is 4.93. The Balaban J connectivity index is 2.53. The molecule has 86 valence electrons. The van der Waals surface area contributed by atoms with E-state index in [9.17, 15) is 10.2 Å². The van der Waals surface area contributed by atoms with Crippen LogP contribution in [-0.4, -0.2) is 43.0 Å². The highest BCUT2D eigenvalue weighted by Crippen LogP contribution is 2.27. The second-order valence-corrected chi connectivity index (χ2v) is 3.61. The molecule has 2 aromatic heterocycles. The Morgan fingerprint density at radius 3 is 2.88 bits per heavy atom. The number of aliphatic hydroxyl groups is 2. The zero-order valence-corrected chi connectivity index (χ0v) is 8.89. The minimum Gasteiger partial charge on any atom is -0.389 e. The number of aliphatic hydroxyl groups excluding tert-OH is 2. The molecule has 0 spiro atoms. The molecule has 0 aliphatic heterocycles. The number of nitrogens with one attached hydrogen (secondary N) is 1. The smallest absolute Gasteiger partial charge is 0.185 e. The molecule has 0 aromatic carbocycles. The number of nitrogens with two attached hydrogens (primary N) is 1. The van der Waals surface area contributed by atoms with Gasteiger partial charge in [-0.3, -0.25) is 5.10 Å². The third-order valence-corrected chi connectivity index (χ3v) is 2.52. The van der Waals surface area contributed by atoms with Gasteiger partial charge in [-0.2, -0.15) is 5.10 Å². The van der Waals surface area contributed by atoms with Crippen molar-refractivity contribution in [1.29, 1.82) is 0 Å². The third-order valence-electron chi connectivity index (χ3n) is 2.23. The van der Waals surface area contributed by atoms with E-state index in [1.165, 1.54) is 6.33 Å². The largest absolute Gasteiger partial charge is 0.389 e. The lowest BCUT2D eigenvalue weighted by molar-refractivity contribution is 0.0225. The number of halogens is 1. The van der Waals surface area contributed by atoms with E-state index in [0.717, 1.165) is 0 Å². The molecule has 0 bridgehead atoms. The van der Waals surface area contributed by atoms with Crippen LogP contribution in [0.4, 0.5) is 0 Å². The molecule has 0 saturated carbocycles. The van der Waals surface area contributed by atoms with E-state index in [0.29, 0.717) is 11.0 Å². The van der Waals surface area contributed by atoms with Gasteiger partial charge in [0.25, 0.3) is 0 Å². The van der Waals surface area contributed by atoms with Crippen molar-refractivity contribution in [3.8, 4) is 0 Å². The molecule has 0 radical (unpaired) electrons. The number of nitrogens with zero attached hydrogens (tertiary/aromatic N) is 3. The van der Waals surface area contributed by atoms with Crippen molar-refractivity contribution in [2.24, 2.45) is 5.73 Å². The molecule has 0 amide bonds. The second-order valence-electron chi connectivity index (χ2n) is 3.25. The monoisotopic (exact) mass is 243 g/mol. The topological polar surface area (TPSA) is 121 Å². The predicted molar refractivity (Wildman–Crippen MR) is 56.7 cm³/mol. The average molecular weight is 244 g/mol. The maximum Gasteiger partial charge on any atom is 0.185 e. The lowest BCUT2D eigenvalue weighted by atomic mass is 10.1. The molecule has 5 N–H and O–H groups in total.